The first-order valence-electron chi connectivity index (χ1n) is 9.53. The number of rotatable bonds is 7. The van der Waals surface area contributed by atoms with Crippen molar-refractivity contribution in [1.29, 1.82) is 0 Å². The predicted octanol–water partition coefficient (Wildman–Crippen LogP) is 3.62. The van der Waals surface area contributed by atoms with Crippen LogP contribution in [0.3, 0.4) is 0 Å². The molecule has 0 amide bonds. The SMILES string of the molecule is Cc1ccc(C(=O)[C@H](C(=S)NCc2ccccc2)[n+]2cccc(CO)c2)cc1C. The van der Waals surface area contributed by atoms with Crippen LogP contribution in [0.25, 0.3) is 0 Å². The van der Waals surface area contributed by atoms with E-state index in [1.807, 2.05) is 74.5 Å². The number of carbonyl (C=O) groups is 1. The van der Waals surface area contributed by atoms with Crippen molar-refractivity contribution in [2.24, 2.45) is 0 Å². The molecule has 1 atom stereocenters. The lowest BCUT2D eigenvalue weighted by Crippen LogP contribution is -2.51. The third-order valence-corrected chi connectivity index (χ3v) is 5.33. The number of aliphatic hydroxyl groups is 1. The summed E-state index contributed by atoms with van der Waals surface area (Å²) in [5.41, 5.74) is 4.62. The summed E-state index contributed by atoms with van der Waals surface area (Å²) in [5.74, 6) is -0.0845. The van der Waals surface area contributed by atoms with E-state index in [-0.39, 0.29) is 12.4 Å². The van der Waals surface area contributed by atoms with E-state index < -0.39 is 6.04 Å². The summed E-state index contributed by atoms with van der Waals surface area (Å²) in [7, 11) is 0. The van der Waals surface area contributed by atoms with Crippen molar-refractivity contribution in [2.75, 3.05) is 0 Å². The zero-order chi connectivity index (χ0) is 20.8. The Morgan fingerprint density at radius 2 is 1.76 bits per heavy atom. The topological polar surface area (TPSA) is 53.2 Å². The monoisotopic (exact) mass is 405 g/mol. The van der Waals surface area contributed by atoms with Gasteiger partial charge in [0.25, 0.3) is 6.04 Å². The Kier molecular flexibility index (Phi) is 6.86. The number of pyridine rings is 1. The summed E-state index contributed by atoms with van der Waals surface area (Å²) < 4.78 is 1.77. The van der Waals surface area contributed by atoms with Crippen molar-refractivity contribution < 1.29 is 14.5 Å². The zero-order valence-corrected chi connectivity index (χ0v) is 17.4. The number of aromatic nitrogens is 1. The molecule has 4 nitrogen and oxygen atoms in total. The van der Waals surface area contributed by atoms with Gasteiger partial charge in [-0.2, -0.15) is 4.57 Å². The third kappa shape index (κ3) is 5.13. The van der Waals surface area contributed by atoms with Gasteiger partial charge in [-0.25, -0.2) is 0 Å². The Balaban J connectivity index is 1.93. The average Bonchev–Trinajstić information content (AvgIpc) is 2.75. The molecule has 148 valence electrons. The normalized spacial score (nSPS) is 11.7. The molecule has 1 heterocycles. The molecule has 0 saturated heterocycles. The molecule has 0 spiro atoms. The molecule has 3 rings (SSSR count). The average molecular weight is 406 g/mol. The summed E-state index contributed by atoms with van der Waals surface area (Å²) in [4.78, 5) is 13.9. The molecule has 0 bridgehead atoms. The number of hydrogen-bond donors (Lipinski definition) is 2. The standard InChI is InChI=1S/C24H24N2O2S/c1-17-10-11-21(13-18(17)2)23(28)22(26-12-6-9-20(15-26)16-27)24(29)25-14-19-7-4-3-5-8-19/h3-13,15,22,27H,14,16H2,1-2H3/p+1/t22-/m1/s1. The summed E-state index contributed by atoms with van der Waals surface area (Å²) in [6.07, 6.45) is 3.57. The molecule has 0 aliphatic rings. The van der Waals surface area contributed by atoms with E-state index in [1.54, 1.807) is 17.0 Å². The number of nitrogens with one attached hydrogen (secondary N) is 1. The molecule has 0 aliphatic heterocycles. The number of benzene rings is 2. The molecule has 1 aromatic heterocycles. The minimum atomic E-state index is -0.692. The highest BCUT2D eigenvalue weighted by Crippen LogP contribution is 2.16. The van der Waals surface area contributed by atoms with Crippen molar-refractivity contribution >= 4 is 23.0 Å². The van der Waals surface area contributed by atoms with E-state index in [9.17, 15) is 9.90 Å². The van der Waals surface area contributed by atoms with Crippen molar-refractivity contribution in [1.82, 2.24) is 5.32 Å². The number of aryl methyl sites for hydroxylation is 2. The first kappa shape index (κ1) is 20.8. The molecular formula is C24H25N2O2S+. The molecule has 0 unspecified atom stereocenters. The lowest BCUT2D eigenvalue weighted by molar-refractivity contribution is -0.692. The highest BCUT2D eigenvalue weighted by Gasteiger charge is 2.33. The van der Waals surface area contributed by atoms with Crippen LogP contribution in [0.4, 0.5) is 0 Å². The smallest absolute Gasteiger partial charge is 0.270 e. The first-order valence-corrected chi connectivity index (χ1v) is 9.94. The van der Waals surface area contributed by atoms with Gasteiger partial charge >= 0.3 is 0 Å². The lowest BCUT2D eigenvalue weighted by Gasteiger charge is -2.16. The van der Waals surface area contributed by atoms with E-state index in [4.69, 9.17) is 12.2 Å². The Labute approximate surface area is 176 Å². The van der Waals surface area contributed by atoms with Gasteiger partial charge in [-0.15, -0.1) is 0 Å². The summed E-state index contributed by atoms with van der Waals surface area (Å²) >= 11 is 5.66. The molecule has 0 radical (unpaired) electrons. The summed E-state index contributed by atoms with van der Waals surface area (Å²) in [5, 5.41) is 12.7. The van der Waals surface area contributed by atoms with Crippen LogP contribution in [0.1, 0.15) is 38.7 Å². The zero-order valence-electron chi connectivity index (χ0n) is 16.6. The Morgan fingerprint density at radius 3 is 2.45 bits per heavy atom. The highest BCUT2D eigenvalue weighted by atomic mass is 32.1. The summed E-state index contributed by atoms with van der Waals surface area (Å²) in [6, 6.07) is 18.6. The molecular weight excluding hydrogens is 380 g/mol. The number of thiocarbonyl (C=S) groups is 1. The van der Waals surface area contributed by atoms with E-state index >= 15 is 0 Å². The minimum absolute atomic E-state index is 0.0845. The van der Waals surface area contributed by atoms with Crippen LogP contribution < -0.4 is 9.88 Å². The molecule has 2 N–H and O–H groups in total. The van der Waals surface area contributed by atoms with Gasteiger partial charge in [0, 0.05) is 23.7 Å². The quantitative estimate of drug-likeness (QED) is 0.358. The second-order valence-corrected chi connectivity index (χ2v) is 7.53. The first-order chi connectivity index (χ1) is 14.0. The van der Waals surface area contributed by atoms with Gasteiger partial charge in [0.05, 0.1) is 6.61 Å². The maximum atomic E-state index is 13.5. The third-order valence-electron chi connectivity index (χ3n) is 4.96. The van der Waals surface area contributed by atoms with Crippen LogP contribution in [-0.2, 0) is 13.2 Å². The fourth-order valence-electron chi connectivity index (χ4n) is 3.12. The van der Waals surface area contributed by atoms with Crippen LogP contribution in [0.15, 0.2) is 73.1 Å². The van der Waals surface area contributed by atoms with Crippen LogP contribution in [0, 0.1) is 13.8 Å². The maximum absolute atomic E-state index is 13.5. The minimum Gasteiger partial charge on any atom is -0.391 e. The summed E-state index contributed by atoms with van der Waals surface area (Å²) in [6.45, 7) is 4.45. The molecule has 5 heteroatoms. The van der Waals surface area contributed by atoms with Gasteiger partial charge < -0.3 is 10.4 Å². The number of ketones is 1. The van der Waals surface area contributed by atoms with Crippen molar-refractivity contribution in [2.45, 2.75) is 33.0 Å². The van der Waals surface area contributed by atoms with Crippen molar-refractivity contribution in [3.8, 4) is 0 Å². The lowest BCUT2D eigenvalue weighted by atomic mass is 9.99. The highest BCUT2D eigenvalue weighted by molar-refractivity contribution is 7.80. The molecule has 0 saturated carbocycles. The van der Waals surface area contributed by atoms with E-state index in [1.165, 1.54) is 0 Å². The van der Waals surface area contributed by atoms with Crippen LogP contribution in [0.2, 0.25) is 0 Å². The van der Waals surface area contributed by atoms with E-state index in [2.05, 4.69) is 5.32 Å². The van der Waals surface area contributed by atoms with Crippen LogP contribution >= 0.6 is 12.2 Å². The van der Waals surface area contributed by atoms with Gasteiger partial charge in [-0.05, 0) is 42.7 Å². The predicted molar refractivity (Wildman–Crippen MR) is 118 cm³/mol. The molecule has 0 aliphatic carbocycles. The molecule has 29 heavy (non-hydrogen) atoms. The van der Waals surface area contributed by atoms with E-state index in [0.29, 0.717) is 17.1 Å². The van der Waals surface area contributed by atoms with Crippen LogP contribution in [0.5, 0.6) is 0 Å². The van der Waals surface area contributed by atoms with Gasteiger partial charge in [0.15, 0.2) is 17.4 Å². The van der Waals surface area contributed by atoms with Crippen LogP contribution in [-0.4, -0.2) is 15.9 Å². The molecule has 3 aromatic rings. The van der Waals surface area contributed by atoms with Gasteiger partial charge in [-0.1, -0.05) is 54.7 Å². The van der Waals surface area contributed by atoms with Gasteiger partial charge in [-0.3, -0.25) is 4.79 Å². The molecule has 2 aromatic carbocycles. The number of hydrogen-bond acceptors (Lipinski definition) is 3. The number of carbonyl (C=O) groups excluding carboxylic acids is 1. The van der Waals surface area contributed by atoms with Gasteiger partial charge in [0.2, 0.25) is 5.78 Å². The number of aliphatic hydroxyl groups excluding tert-OH is 1. The second kappa shape index (κ2) is 9.54. The van der Waals surface area contributed by atoms with E-state index in [0.717, 1.165) is 22.3 Å². The maximum Gasteiger partial charge on any atom is 0.270 e. The Hall–Kier alpha value is -2.89. The van der Waals surface area contributed by atoms with Crippen molar-refractivity contribution in [3.63, 3.8) is 0 Å². The Bertz CT molecular complexity index is 1020. The number of nitrogens with zero attached hydrogens (tertiary/aromatic N) is 1. The molecule has 0 fully saturated rings. The largest absolute Gasteiger partial charge is 0.391 e. The fraction of sp³-hybridized carbons (Fsp3) is 0.208. The van der Waals surface area contributed by atoms with Crippen molar-refractivity contribution in [3.05, 3.63) is 101 Å². The number of Topliss-reactive ketones (excluding diaryl/α,β-unsaturated/α-hetero) is 1. The Morgan fingerprint density at radius 1 is 1.03 bits per heavy atom. The van der Waals surface area contributed by atoms with Gasteiger partial charge in [0.1, 0.15) is 0 Å². The fourth-order valence-corrected chi connectivity index (χ4v) is 3.42. The second-order valence-electron chi connectivity index (χ2n) is 7.09.